The minimum absolute atomic E-state index is 0. The van der Waals surface area contributed by atoms with Crippen molar-refractivity contribution in [3.8, 4) is 0 Å². The van der Waals surface area contributed by atoms with Gasteiger partial charge in [0.2, 0.25) is 5.91 Å². The van der Waals surface area contributed by atoms with Crippen molar-refractivity contribution in [2.45, 2.75) is 32.2 Å². The Labute approximate surface area is 127 Å². The summed E-state index contributed by atoms with van der Waals surface area (Å²) in [5.74, 6) is 0.555. The van der Waals surface area contributed by atoms with Crippen LogP contribution in [-0.4, -0.2) is 30.4 Å². The molecule has 1 aromatic carbocycles. The lowest BCUT2D eigenvalue weighted by atomic mass is 10.0. The number of aryl methyl sites for hydroxylation is 1. The molecule has 3 rings (SSSR count). The predicted octanol–water partition coefficient (Wildman–Crippen LogP) is 2.69. The third-order valence-corrected chi connectivity index (χ3v) is 4.37. The van der Waals surface area contributed by atoms with E-state index < -0.39 is 0 Å². The minimum Gasteiger partial charge on any atom is -0.335 e. The van der Waals surface area contributed by atoms with Crippen LogP contribution in [0.2, 0.25) is 0 Å². The number of nitrogens with zero attached hydrogens (tertiary/aromatic N) is 1. The Morgan fingerprint density at radius 1 is 1.35 bits per heavy atom. The number of amides is 1. The van der Waals surface area contributed by atoms with E-state index in [0.29, 0.717) is 11.9 Å². The van der Waals surface area contributed by atoms with Crippen LogP contribution in [0.25, 0.3) is 0 Å². The highest BCUT2D eigenvalue weighted by molar-refractivity contribution is 5.85. The average molecular weight is 295 g/mol. The first-order chi connectivity index (χ1) is 9.25. The fourth-order valence-corrected chi connectivity index (χ4v) is 3.35. The van der Waals surface area contributed by atoms with Gasteiger partial charge in [-0.3, -0.25) is 4.79 Å². The highest BCUT2D eigenvalue weighted by Crippen LogP contribution is 2.34. The van der Waals surface area contributed by atoms with E-state index in [4.69, 9.17) is 0 Å². The molecule has 1 amide bonds. The van der Waals surface area contributed by atoms with Crippen molar-refractivity contribution >= 4 is 18.3 Å². The van der Waals surface area contributed by atoms with Gasteiger partial charge in [-0.25, -0.2) is 0 Å². The number of carbonyl (C=O) groups is 1. The molecule has 0 aliphatic carbocycles. The summed E-state index contributed by atoms with van der Waals surface area (Å²) in [7, 11) is 0. The van der Waals surface area contributed by atoms with E-state index in [1.54, 1.807) is 0 Å². The fourth-order valence-electron chi connectivity index (χ4n) is 3.35. The lowest BCUT2D eigenvalue weighted by Gasteiger charge is -2.27. The van der Waals surface area contributed by atoms with Gasteiger partial charge in [-0.05, 0) is 38.3 Å². The summed E-state index contributed by atoms with van der Waals surface area (Å²) in [6.45, 7) is 4.88. The van der Waals surface area contributed by atoms with Crippen LogP contribution in [0.1, 0.15) is 36.4 Å². The molecule has 2 aliphatic rings. The quantitative estimate of drug-likeness (QED) is 0.909. The Morgan fingerprint density at radius 2 is 2.20 bits per heavy atom. The largest absolute Gasteiger partial charge is 0.335 e. The highest BCUT2D eigenvalue weighted by Gasteiger charge is 2.34. The van der Waals surface area contributed by atoms with Crippen molar-refractivity contribution in [3.05, 3.63) is 35.4 Å². The lowest BCUT2D eigenvalue weighted by Crippen LogP contribution is -2.36. The van der Waals surface area contributed by atoms with Crippen molar-refractivity contribution < 1.29 is 4.79 Å². The number of hydrogen-bond acceptors (Lipinski definition) is 2. The maximum Gasteiger partial charge on any atom is 0.227 e. The molecule has 4 heteroatoms. The number of likely N-dealkylation sites (tertiary alicyclic amines) is 1. The van der Waals surface area contributed by atoms with Crippen LogP contribution >= 0.6 is 12.4 Å². The summed E-state index contributed by atoms with van der Waals surface area (Å²) >= 11 is 0. The highest BCUT2D eigenvalue weighted by atomic mass is 35.5. The van der Waals surface area contributed by atoms with Crippen molar-refractivity contribution in [2.24, 2.45) is 5.92 Å². The molecule has 1 N–H and O–H groups in total. The molecule has 0 spiro atoms. The molecule has 2 aliphatic heterocycles. The first kappa shape index (κ1) is 15.3. The van der Waals surface area contributed by atoms with Gasteiger partial charge < -0.3 is 10.2 Å². The molecule has 2 atom stereocenters. The first-order valence-electron chi connectivity index (χ1n) is 7.33. The monoisotopic (exact) mass is 294 g/mol. The van der Waals surface area contributed by atoms with Crippen molar-refractivity contribution in [1.82, 2.24) is 10.2 Å². The Balaban J connectivity index is 0.00000147. The van der Waals surface area contributed by atoms with Crippen LogP contribution in [0.3, 0.4) is 0 Å². The molecule has 0 saturated carbocycles. The SMILES string of the molecule is Cc1cccc(C2CCCN2C(=O)C2CCNC2)c1.Cl. The zero-order valence-corrected chi connectivity index (χ0v) is 12.8. The second-order valence-electron chi connectivity index (χ2n) is 5.79. The maximum atomic E-state index is 12.6. The van der Waals surface area contributed by atoms with Gasteiger partial charge in [-0.1, -0.05) is 29.8 Å². The van der Waals surface area contributed by atoms with E-state index in [0.717, 1.165) is 38.9 Å². The molecule has 0 bridgehead atoms. The van der Waals surface area contributed by atoms with Crippen LogP contribution in [0.15, 0.2) is 24.3 Å². The molecule has 110 valence electrons. The Bertz CT molecular complexity index is 471. The summed E-state index contributed by atoms with van der Waals surface area (Å²) in [6, 6.07) is 8.90. The molecule has 2 fully saturated rings. The lowest BCUT2D eigenvalue weighted by molar-refractivity contribution is -0.135. The third-order valence-electron chi connectivity index (χ3n) is 4.37. The van der Waals surface area contributed by atoms with Crippen LogP contribution in [0.4, 0.5) is 0 Å². The van der Waals surface area contributed by atoms with E-state index in [1.807, 2.05) is 0 Å². The molecule has 2 heterocycles. The first-order valence-corrected chi connectivity index (χ1v) is 7.33. The van der Waals surface area contributed by atoms with Crippen molar-refractivity contribution in [1.29, 1.82) is 0 Å². The summed E-state index contributed by atoms with van der Waals surface area (Å²) in [4.78, 5) is 14.7. The number of halogens is 1. The molecule has 2 unspecified atom stereocenters. The normalized spacial score (nSPS) is 25.6. The van der Waals surface area contributed by atoms with Crippen LogP contribution in [0, 0.1) is 12.8 Å². The second kappa shape index (κ2) is 6.59. The number of carbonyl (C=O) groups excluding carboxylic acids is 1. The zero-order chi connectivity index (χ0) is 13.2. The molecule has 2 saturated heterocycles. The topological polar surface area (TPSA) is 32.3 Å². The predicted molar refractivity (Wildman–Crippen MR) is 83.1 cm³/mol. The van der Waals surface area contributed by atoms with Crippen molar-refractivity contribution in [3.63, 3.8) is 0 Å². The molecular weight excluding hydrogens is 272 g/mol. The van der Waals surface area contributed by atoms with Crippen LogP contribution in [0.5, 0.6) is 0 Å². The smallest absolute Gasteiger partial charge is 0.227 e. The van der Waals surface area contributed by atoms with E-state index in [9.17, 15) is 4.79 Å². The molecule has 20 heavy (non-hydrogen) atoms. The summed E-state index contributed by atoms with van der Waals surface area (Å²) < 4.78 is 0. The molecular formula is C16H23ClN2O. The van der Waals surface area contributed by atoms with E-state index in [-0.39, 0.29) is 18.3 Å². The van der Waals surface area contributed by atoms with Crippen LogP contribution < -0.4 is 5.32 Å². The third kappa shape index (κ3) is 2.99. The van der Waals surface area contributed by atoms with Gasteiger partial charge in [-0.2, -0.15) is 0 Å². The molecule has 0 radical (unpaired) electrons. The second-order valence-corrected chi connectivity index (χ2v) is 5.79. The summed E-state index contributed by atoms with van der Waals surface area (Å²) in [6.07, 6.45) is 3.23. The van der Waals surface area contributed by atoms with Gasteiger partial charge in [0.25, 0.3) is 0 Å². The average Bonchev–Trinajstić information content (AvgIpc) is 3.09. The molecule has 1 aromatic rings. The molecule has 3 nitrogen and oxygen atoms in total. The number of hydrogen-bond donors (Lipinski definition) is 1. The van der Waals surface area contributed by atoms with Gasteiger partial charge in [0.1, 0.15) is 0 Å². The van der Waals surface area contributed by atoms with Gasteiger partial charge in [-0.15, -0.1) is 12.4 Å². The standard InChI is InChI=1S/C16H22N2O.ClH/c1-12-4-2-5-13(10-12)15-6-3-9-18(15)16(19)14-7-8-17-11-14;/h2,4-5,10,14-15,17H,3,6-9,11H2,1H3;1H. The fraction of sp³-hybridized carbons (Fsp3) is 0.562. The Kier molecular flexibility index (Phi) is 5.06. The number of nitrogens with one attached hydrogen (secondary N) is 1. The Morgan fingerprint density at radius 3 is 2.90 bits per heavy atom. The zero-order valence-electron chi connectivity index (χ0n) is 12.0. The van der Waals surface area contributed by atoms with Crippen LogP contribution in [-0.2, 0) is 4.79 Å². The maximum absolute atomic E-state index is 12.6. The molecule has 0 aromatic heterocycles. The Hall–Kier alpha value is -1.06. The number of rotatable bonds is 2. The van der Waals surface area contributed by atoms with Gasteiger partial charge in [0.05, 0.1) is 12.0 Å². The summed E-state index contributed by atoms with van der Waals surface area (Å²) in [5, 5.41) is 3.29. The van der Waals surface area contributed by atoms with Gasteiger partial charge in [0.15, 0.2) is 0 Å². The van der Waals surface area contributed by atoms with E-state index in [1.165, 1.54) is 11.1 Å². The van der Waals surface area contributed by atoms with E-state index >= 15 is 0 Å². The van der Waals surface area contributed by atoms with Gasteiger partial charge >= 0.3 is 0 Å². The summed E-state index contributed by atoms with van der Waals surface area (Å²) in [5.41, 5.74) is 2.58. The van der Waals surface area contributed by atoms with Gasteiger partial charge in [0, 0.05) is 13.1 Å². The van der Waals surface area contributed by atoms with Crippen molar-refractivity contribution in [2.75, 3.05) is 19.6 Å². The number of benzene rings is 1. The minimum atomic E-state index is 0. The van der Waals surface area contributed by atoms with E-state index in [2.05, 4.69) is 41.4 Å².